The van der Waals surface area contributed by atoms with Gasteiger partial charge in [-0.05, 0) is 30.2 Å². The number of hydrogen-bond acceptors (Lipinski definition) is 4. The maximum Gasteiger partial charge on any atom is 0.339 e. The van der Waals surface area contributed by atoms with Gasteiger partial charge < -0.3 is 14.4 Å². The van der Waals surface area contributed by atoms with Crippen molar-refractivity contribution in [1.29, 1.82) is 0 Å². The Balaban J connectivity index is 1.65. The maximum atomic E-state index is 12.6. The van der Waals surface area contributed by atoms with Crippen LogP contribution in [0.4, 0.5) is 0 Å². The Labute approximate surface area is 137 Å². The Kier molecular flexibility index (Phi) is 3.30. The van der Waals surface area contributed by atoms with E-state index in [9.17, 15) is 14.7 Å². The van der Waals surface area contributed by atoms with Crippen LogP contribution in [0.2, 0.25) is 0 Å². The number of carbonyl (C=O) groups is 2. The van der Waals surface area contributed by atoms with Gasteiger partial charge in [0.2, 0.25) is 0 Å². The van der Waals surface area contributed by atoms with Crippen LogP contribution in [0.3, 0.4) is 0 Å². The van der Waals surface area contributed by atoms with Crippen molar-refractivity contribution < 1.29 is 19.1 Å². The second kappa shape index (κ2) is 5.49. The number of aromatic carboxylic acids is 1. The predicted octanol–water partition coefficient (Wildman–Crippen LogP) is 2.72. The lowest BCUT2D eigenvalue weighted by Crippen LogP contribution is -2.37. The van der Waals surface area contributed by atoms with E-state index in [-0.39, 0.29) is 11.5 Å². The zero-order valence-electron chi connectivity index (χ0n) is 12.7. The molecule has 1 aliphatic rings. The fraction of sp³-hybridized carbons (Fsp3) is 0.167. The normalized spacial score (nSPS) is 14.0. The van der Waals surface area contributed by atoms with Crippen LogP contribution < -0.4 is 0 Å². The average Bonchev–Trinajstić information content (AvgIpc) is 3.00. The highest BCUT2D eigenvalue weighted by Gasteiger charge is 2.25. The van der Waals surface area contributed by atoms with Gasteiger partial charge in [-0.15, -0.1) is 0 Å². The molecule has 0 radical (unpaired) electrons. The lowest BCUT2D eigenvalue weighted by atomic mass is 10.0. The Hall–Kier alpha value is -3.15. The molecule has 120 valence electrons. The van der Waals surface area contributed by atoms with E-state index in [2.05, 4.69) is 4.98 Å². The number of benzene rings is 1. The number of nitrogens with zero attached hydrogens (tertiary/aromatic N) is 2. The van der Waals surface area contributed by atoms with E-state index in [1.165, 1.54) is 6.07 Å². The van der Waals surface area contributed by atoms with Gasteiger partial charge in [-0.2, -0.15) is 0 Å². The second-order valence-electron chi connectivity index (χ2n) is 5.75. The molecular formula is C18H14N2O4. The number of carbonyl (C=O) groups excluding carboxylic acids is 1. The van der Waals surface area contributed by atoms with Gasteiger partial charge in [-0.1, -0.05) is 12.1 Å². The molecule has 0 atom stereocenters. The summed E-state index contributed by atoms with van der Waals surface area (Å²) in [6, 6.07) is 8.63. The molecule has 3 aromatic rings. The quantitative estimate of drug-likeness (QED) is 0.801. The average molecular weight is 322 g/mol. The van der Waals surface area contributed by atoms with Crippen molar-refractivity contribution >= 4 is 22.8 Å². The first-order valence-electron chi connectivity index (χ1n) is 7.60. The van der Waals surface area contributed by atoms with Gasteiger partial charge in [0, 0.05) is 24.3 Å². The number of rotatable bonds is 3. The van der Waals surface area contributed by atoms with E-state index in [1.807, 2.05) is 6.07 Å². The highest BCUT2D eigenvalue weighted by atomic mass is 16.4. The van der Waals surface area contributed by atoms with Crippen LogP contribution in [0.15, 0.2) is 47.1 Å². The zero-order chi connectivity index (χ0) is 16.7. The van der Waals surface area contributed by atoms with Gasteiger partial charge in [0.05, 0.1) is 12.1 Å². The number of amides is 1. The van der Waals surface area contributed by atoms with Gasteiger partial charge in [0.15, 0.2) is 0 Å². The molecule has 0 saturated carbocycles. The van der Waals surface area contributed by atoms with E-state index < -0.39 is 5.97 Å². The molecule has 1 aliphatic heterocycles. The number of furan rings is 1. The van der Waals surface area contributed by atoms with Gasteiger partial charge in [0.25, 0.3) is 5.91 Å². The van der Waals surface area contributed by atoms with E-state index in [4.69, 9.17) is 4.42 Å². The summed E-state index contributed by atoms with van der Waals surface area (Å²) in [5.74, 6) is -0.543. The molecule has 0 fully saturated rings. The summed E-state index contributed by atoms with van der Waals surface area (Å²) in [7, 11) is 0. The Morgan fingerprint density at radius 1 is 1.33 bits per heavy atom. The first-order chi connectivity index (χ1) is 11.6. The van der Waals surface area contributed by atoms with E-state index in [1.54, 1.807) is 35.5 Å². The molecule has 2 aromatic heterocycles. The number of pyridine rings is 1. The molecule has 0 bridgehead atoms. The number of fused-ring (bicyclic) bond motifs is 2. The van der Waals surface area contributed by atoms with Crippen molar-refractivity contribution in [2.75, 3.05) is 6.54 Å². The standard InChI is InChI=1S/C18H14N2O4/c21-17-15-9-19-6-4-11(15)5-7-20(17)10-13-8-12-2-1-3-14(18(22)23)16(12)24-13/h1-4,6,8-9H,5,7,10H2,(H,22,23). The topological polar surface area (TPSA) is 83.6 Å². The van der Waals surface area contributed by atoms with Crippen LogP contribution in [0.1, 0.15) is 32.0 Å². The summed E-state index contributed by atoms with van der Waals surface area (Å²) in [4.78, 5) is 29.5. The molecule has 0 unspecified atom stereocenters. The minimum Gasteiger partial charge on any atom is -0.478 e. The predicted molar refractivity (Wildman–Crippen MR) is 85.9 cm³/mol. The molecule has 6 nitrogen and oxygen atoms in total. The highest BCUT2D eigenvalue weighted by molar-refractivity contribution is 6.01. The Morgan fingerprint density at radius 3 is 3.04 bits per heavy atom. The molecule has 1 N–H and O–H groups in total. The number of hydrogen-bond donors (Lipinski definition) is 1. The molecule has 1 aromatic carbocycles. The molecule has 6 heteroatoms. The molecular weight excluding hydrogens is 308 g/mol. The van der Waals surface area contributed by atoms with E-state index in [0.29, 0.717) is 30.0 Å². The van der Waals surface area contributed by atoms with E-state index >= 15 is 0 Å². The molecule has 0 saturated heterocycles. The number of carboxylic acids is 1. The van der Waals surface area contributed by atoms with Gasteiger partial charge in [-0.25, -0.2) is 4.79 Å². The minimum absolute atomic E-state index is 0.0803. The van der Waals surface area contributed by atoms with Crippen molar-refractivity contribution in [2.45, 2.75) is 13.0 Å². The maximum absolute atomic E-state index is 12.6. The molecule has 3 heterocycles. The lowest BCUT2D eigenvalue weighted by Gasteiger charge is -2.27. The fourth-order valence-corrected chi connectivity index (χ4v) is 3.06. The second-order valence-corrected chi connectivity index (χ2v) is 5.75. The number of aromatic nitrogens is 1. The molecule has 24 heavy (non-hydrogen) atoms. The van der Waals surface area contributed by atoms with Crippen molar-refractivity contribution in [3.05, 3.63) is 65.2 Å². The highest BCUT2D eigenvalue weighted by Crippen LogP contribution is 2.26. The fourth-order valence-electron chi connectivity index (χ4n) is 3.06. The monoisotopic (exact) mass is 322 g/mol. The van der Waals surface area contributed by atoms with E-state index in [0.717, 1.165) is 17.4 Å². The first-order valence-corrected chi connectivity index (χ1v) is 7.60. The van der Waals surface area contributed by atoms with Crippen molar-refractivity contribution in [3.63, 3.8) is 0 Å². The summed E-state index contributed by atoms with van der Waals surface area (Å²) < 4.78 is 5.71. The van der Waals surface area contributed by atoms with Crippen LogP contribution in [-0.4, -0.2) is 33.4 Å². The third-order valence-corrected chi connectivity index (χ3v) is 4.25. The van der Waals surface area contributed by atoms with Crippen molar-refractivity contribution in [1.82, 2.24) is 9.88 Å². The largest absolute Gasteiger partial charge is 0.478 e. The SMILES string of the molecule is O=C(O)c1cccc2cc(CN3CCc4ccncc4C3=O)oc12. The molecule has 0 spiro atoms. The summed E-state index contributed by atoms with van der Waals surface area (Å²) in [6.45, 7) is 0.902. The Bertz CT molecular complexity index is 961. The van der Waals surface area contributed by atoms with Gasteiger partial charge >= 0.3 is 5.97 Å². The minimum atomic E-state index is -1.03. The van der Waals surface area contributed by atoms with Crippen LogP contribution in [0.25, 0.3) is 11.0 Å². The van der Waals surface area contributed by atoms with Crippen LogP contribution in [0, 0.1) is 0 Å². The first kappa shape index (κ1) is 14.4. The Morgan fingerprint density at radius 2 is 2.21 bits per heavy atom. The summed E-state index contributed by atoms with van der Waals surface area (Å²) >= 11 is 0. The van der Waals surface area contributed by atoms with Crippen LogP contribution in [-0.2, 0) is 13.0 Å². The molecule has 4 rings (SSSR count). The van der Waals surface area contributed by atoms with Gasteiger partial charge in [-0.3, -0.25) is 9.78 Å². The van der Waals surface area contributed by atoms with Crippen LogP contribution in [0.5, 0.6) is 0 Å². The summed E-state index contributed by atoms with van der Waals surface area (Å²) in [5, 5.41) is 9.95. The third kappa shape index (κ3) is 2.32. The number of para-hydroxylation sites is 1. The van der Waals surface area contributed by atoms with Gasteiger partial charge in [0.1, 0.15) is 16.9 Å². The van der Waals surface area contributed by atoms with Crippen molar-refractivity contribution in [2.24, 2.45) is 0 Å². The summed E-state index contributed by atoms with van der Waals surface area (Å²) in [6.07, 6.45) is 4.05. The number of carboxylic acid groups (broad SMARTS) is 1. The molecule has 0 aliphatic carbocycles. The molecule has 1 amide bonds. The zero-order valence-corrected chi connectivity index (χ0v) is 12.7. The van der Waals surface area contributed by atoms with Crippen molar-refractivity contribution in [3.8, 4) is 0 Å². The third-order valence-electron chi connectivity index (χ3n) is 4.25. The smallest absolute Gasteiger partial charge is 0.339 e. The lowest BCUT2D eigenvalue weighted by molar-refractivity contribution is 0.0690. The van der Waals surface area contributed by atoms with Crippen LogP contribution >= 0.6 is 0 Å². The summed E-state index contributed by atoms with van der Waals surface area (Å²) in [5.41, 5.74) is 2.08.